The van der Waals surface area contributed by atoms with Gasteiger partial charge in [-0.1, -0.05) is 6.07 Å². The molecule has 0 saturated carbocycles. The number of aryl methyl sites for hydroxylation is 1. The molecular formula is C11H9N5O2. The maximum absolute atomic E-state index is 10.9. The van der Waals surface area contributed by atoms with E-state index in [1.54, 1.807) is 7.05 Å². The van der Waals surface area contributed by atoms with Crippen LogP contribution in [0.3, 0.4) is 0 Å². The molecule has 0 unspecified atom stereocenters. The molecule has 18 heavy (non-hydrogen) atoms. The van der Waals surface area contributed by atoms with Gasteiger partial charge in [0.05, 0.1) is 5.69 Å². The van der Waals surface area contributed by atoms with E-state index in [1.165, 1.54) is 10.7 Å². The van der Waals surface area contributed by atoms with Crippen molar-refractivity contribution in [1.29, 1.82) is 0 Å². The zero-order chi connectivity index (χ0) is 12.7. The fraction of sp³-hybridized carbons (Fsp3) is 0.0909. The molecule has 2 aromatic heterocycles. The Morgan fingerprint density at radius 3 is 2.78 bits per heavy atom. The Balaban J connectivity index is 2.15. The number of fused-ring (bicyclic) bond motifs is 1. The monoisotopic (exact) mass is 243 g/mol. The van der Waals surface area contributed by atoms with Crippen LogP contribution >= 0.6 is 0 Å². The molecule has 0 aliphatic rings. The predicted molar refractivity (Wildman–Crippen MR) is 63.1 cm³/mol. The predicted octanol–water partition coefficient (Wildman–Crippen LogP) is 1.06. The molecule has 0 amide bonds. The smallest absolute Gasteiger partial charge is 0.356 e. The molecule has 0 radical (unpaired) electrons. The molecular weight excluding hydrogens is 234 g/mol. The van der Waals surface area contributed by atoms with Gasteiger partial charge in [-0.3, -0.25) is 4.68 Å². The number of nitrogens with zero attached hydrogens (tertiary/aromatic N) is 4. The van der Waals surface area contributed by atoms with E-state index in [4.69, 9.17) is 5.11 Å². The van der Waals surface area contributed by atoms with E-state index in [1.807, 2.05) is 18.2 Å². The largest absolute Gasteiger partial charge is 0.476 e. The van der Waals surface area contributed by atoms with Crippen LogP contribution in [0.1, 0.15) is 10.5 Å². The van der Waals surface area contributed by atoms with Crippen LogP contribution in [0.25, 0.3) is 22.3 Å². The lowest BCUT2D eigenvalue weighted by Gasteiger charge is -2.00. The number of carbonyl (C=O) groups is 1. The molecule has 90 valence electrons. The summed E-state index contributed by atoms with van der Waals surface area (Å²) < 4.78 is 1.53. The van der Waals surface area contributed by atoms with E-state index < -0.39 is 5.97 Å². The maximum Gasteiger partial charge on any atom is 0.356 e. The quantitative estimate of drug-likeness (QED) is 0.701. The number of rotatable bonds is 2. The third-order valence-corrected chi connectivity index (χ3v) is 2.71. The number of H-pyrrole nitrogens is 1. The van der Waals surface area contributed by atoms with Crippen LogP contribution in [0.2, 0.25) is 0 Å². The average molecular weight is 243 g/mol. The molecule has 0 fully saturated rings. The Morgan fingerprint density at radius 2 is 2.06 bits per heavy atom. The first-order valence-electron chi connectivity index (χ1n) is 5.23. The van der Waals surface area contributed by atoms with Gasteiger partial charge in [0.2, 0.25) is 0 Å². The first kappa shape index (κ1) is 10.5. The number of carboxylic acids is 1. The number of hydrogen-bond acceptors (Lipinski definition) is 4. The molecule has 0 aliphatic heterocycles. The molecule has 0 saturated heterocycles. The highest BCUT2D eigenvalue weighted by atomic mass is 16.4. The molecule has 3 rings (SSSR count). The standard InChI is InChI=1S/C11H9N5O2/c1-16-10(5-9(14-16)11(17)18)6-2-3-7-8(4-6)13-15-12-7/h2-5H,1H3,(H,17,18)(H,12,13,15). The third-order valence-electron chi connectivity index (χ3n) is 2.71. The van der Waals surface area contributed by atoms with Crippen LogP contribution in [0, 0.1) is 0 Å². The molecule has 0 atom stereocenters. The minimum Gasteiger partial charge on any atom is -0.476 e. The van der Waals surface area contributed by atoms with Crippen molar-refractivity contribution in [3.05, 3.63) is 30.0 Å². The van der Waals surface area contributed by atoms with Crippen LogP contribution in [-0.4, -0.2) is 36.3 Å². The second-order valence-electron chi connectivity index (χ2n) is 3.87. The molecule has 3 aromatic rings. The zero-order valence-corrected chi connectivity index (χ0v) is 9.45. The molecule has 0 spiro atoms. The van der Waals surface area contributed by atoms with Crippen LogP contribution in [0.4, 0.5) is 0 Å². The molecule has 2 heterocycles. The Bertz CT molecular complexity index is 743. The Morgan fingerprint density at radius 1 is 1.28 bits per heavy atom. The van der Waals surface area contributed by atoms with Gasteiger partial charge >= 0.3 is 5.97 Å². The number of nitrogens with one attached hydrogen (secondary N) is 1. The van der Waals surface area contributed by atoms with Gasteiger partial charge in [0, 0.05) is 12.6 Å². The highest BCUT2D eigenvalue weighted by Crippen LogP contribution is 2.22. The normalized spacial score (nSPS) is 10.9. The molecule has 2 N–H and O–H groups in total. The van der Waals surface area contributed by atoms with E-state index in [0.717, 1.165) is 22.3 Å². The van der Waals surface area contributed by atoms with Gasteiger partial charge in [0.15, 0.2) is 5.69 Å². The van der Waals surface area contributed by atoms with Crippen molar-refractivity contribution in [2.75, 3.05) is 0 Å². The van der Waals surface area contributed by atoms with Crippen LogP contribution in [0.15, 0.2) is 24.3 Å². The molecule has 0 bridgehead atoms. The Labute approximate surface area is 101 Å². The number of aromatic amines is 1. The first-order chi connectivity index (χ1) is 8.65. The van der Waals surface area contributed by atoms with Gasteiger partial charge in [-0.15, -0.1) is 0 Å². The summed E-state index contributed by atoms with van der Waals surface area (Å²) in [6.07, 6.45) is 0. The number of benzene rings is 1. The summed E-state index contributed by atoms with van der Waals surface area (Å²) in [7, 11) is 1.70. The van der Waals surface area contributed by atoms with E-state index in [2.05, 4.69) is 20.5 Å². The maximum atomic E-state index is 10.9. The first-order valence-corrected chi connectivity index (χ1v) is 5.23. The summed E-state index contributed by atoms with van der Waals surface area (Å²) in [5, 5.41) is 23.3. The van der Waals surface area contributed by atoms with E-state index in [9.17, 15) is 4.79 Å². The summed E-state index contributed by atoms with van der Waals surface area (Å²) >= 11 is 0. The van der Waals surface area contributed by atoms with Crippen LogP contribution in [-0.2, 0) is 7.05 Å². The SMILES string of the molecule is Cn1nc(C(=O)O)cc1-c1ccc2n[nH]nc2c1. The van der Waals surface area contributed by atoms with Gasteiger partial charge < -0.3 is 5.11 Å². The molecule has 7 heteroatoms. The summed E-state index contributed by atoms with van der Waals surface area (Å²) in [6, 6.07) is 7.04. The topological polar surface area (TPSA) is 96.7 Å². The van der Waals surface area contributed by atoms with Gasteiger partial charge in [0.25, 0.3) is 0 Å². The Hall–Kier alpha value is -2.70. The van der Waals surface area contributed by atoms with Crippen molar-refractivity contribution >= 4 is 17.0 Å². The van der Waals surface area contributed by atoms with Crippen molar-refractivity contribution in [3.8, 4) is 11.3 Å². The summed E-state index contributed by atoms with van der Waals surface area (Å²) in [4.78, 5) is 10.9. The van der Waals surface area contributed by atoms with E-state index >= 15 is 0 Å². The Kier molecular flexibility index (Phi) is 2.12. The second kappa shape index (κ2) is 3.66. The summed E-state index contributed by atoms with van der Waals surface area (Å²) in [5.41, 5.74) is 3.08. The van der Waals surface area contributed by atoms with Gasteiger partial charge in [0.1, 0.15) is 11.0 Å². The van der Waals surface area contributed by atoms with Crippen molar-refractivity contribution < 1.29 is 9.90 Å². The van der Waals surface area contributed by atoms with Gasteiger partial charge in [-0.05, 0) is 18.2 Å². The average Bonchev–Trinajstić information content (AvgIpc) is 2.93. The highest BCUT2D eigenvalue weighted by Gasteiger charge is 2.13. The summed E-state index contributed by atoms with van der Waals surface area (Å²) in [6.45, 7) is 0. The molecule has 1 aromatic carbocycles. The lowest BCUT2D eigenvalue weighted by molar-refractivity contribution is 0.0689. The molecule has 0 aliphatic carbocycles. The number of hydrogen-bond donors (Lipinski definition) is 2. The van der Waals surface area contributed by atoms with Crippen molar-refractivity contribution in [2.45, 2.75) is 0 Å². The van der Waals surface area contributed by atoms with E-state index in [0.29, 0.717) is 0 Å². The minimum atomic E-state index is -1.04. The number of aromatic nitrogens is 5. The van der Waals surface area contributed by atoms with Crippen LogP contribution in [0.5, 0.6) is 0 Å². The van der Waals surface area contributed by atoms with E-state index in [-0.39, 0.29) is 5.69 Å². The third kappa shape index (κ3) is 1.53. The summed E-state index contributed by atoms with van der Waals surface area (Å²) in [5.74, 6) is -1.04. The van der Waals surface area contributed by atoms with Gasteiger partial charge in [-0.25, -0.2) is 4.79 Å². The van der Waals surface area contributed by atoms with Crippen molar-refractivity contribution in [2.24, 2.45) is 7.05 Å². The minimum absolute atomic E-state index is 0.0211. The fourth-order valence-electron chi connectivity index (χ4n) is 1.84. The van der Waals surface area contributed by atoms with Gasteiger partial charge in [-0.2, -0.15) is 20.5 Å². The number of carboxylic acid groups (broad SMARTS) is 1. The highest BCUT2D eigenvalue weighted by molar-refractivity contribution is 5.88. The molecule has 7 nitrogen and oxygen atoms in total. The van der Waals surface area contributed by atoms with Crippen molar-refractivity contribution in [3.63, 3.8) is 0 Å². The number of aromatic carboxylic acids is 1. The lowest BCUT2D eigenvalue weighted by Crippen LogP contribution is -1.99. The van der Waals surface area contributed by atoms with Crippen molar-refractivity contribution in [1.82, 2.24) is 25.2 Å². The second-order valence-corrected chi connectivity index (χ2v) is 3.87. The van der Waals surface area contributed by atoms with Crippen LogP contribution < -0.4 is 0 Å². The fourth-order valence-corrected chi connectivity index (χ4v) is 1.84. The lowest BCUT2D eigenvalue weighted by atomic mass is 10.1. The zero-order valence-electron chi connectivity index (χ0n) is 9.45.